The van der Waals surface area contributed by atoms with Gasteiger partial charge in [-0.3, -0.25) is 5.01 Å². The van der Waals surface area contributed by atoms with Crippen LogP contribution in [0, 0.1) is 29.6 Å². The van der Waals surface area contributed by atoms with Gasteiger partial charge in [0.1, 0.15) is 9.75 Å². The Hall–Kier alpha value is -0.0300. The monoisotopic (exact) mass is 638 g/mol. The third-order valence-corrected chi connectivity index (χ3v) is 13.9. The van der Waals surface area contributed by atoms with Gasteiger partial charge in [0.15, 0.2) is 4.33 Å². The minimum atomic E-state index is -1.55. The second kappa shape index (κ2) is 8.01. The standard InChI is InChI=1S/C26H18Cl8N2/c27-12-3-1-11(2-4-12)20-17-15-9-10-16(21(17)36(35-20)14-7-5-13(28)6-8-14)19-18(15)24(31)22(29)23(30)25(19,32)26(24,33)34/h1-8,15-19,21H,9-10H2/t15-,16-,17-,18?,19?,21-,24+,25-/m1/s1. The number of rotatable bonds is 2. The zero-order chi connectivity index (χ0) is 25.4. The average Bonchev–Trinajstić information content (AvgIpc) is 3.37. The largest absolute Gasteiger partial charge is 0.261 e. The fraction of sp³-hybridized carbons (Fsp3) is 0.423. The third-order valence-electron chi connectivity index (χ3n) is 9.12. The Morgan fingerprint density at radius 3 is 1.78 bits per heavy atom. The second-order valence-corrected chi connectivity index (χ2v) is 14.6. The van der Waals surface area contributed by atoms with E-state index in [0.717, 1.165) is 29.8 Å². The van der Waals surface area contributed by atoms with E-state index in [1.807, 2.05) is 48.5 Å². The molecule has 36 heavy (non-hydrogen) atoms. The van der Waals surface area contributed by atoms with E-state index >= 15 is 0 Å². The van der Waals surface area contributed by atoms with Crippen LogP contribution < -0.4 is 5.01 Å². The van der Waals surface area contributed by atoms with Crippen LogP contribution in [-0.4, -0.2) is 25.8 Å². The molecule has 0 aromatic heterocycles. The van der Waals surface area contributed by atoms with Gasteiger partial charge in [0.2, 0.25) is 0 Å². The fourth-order valence-electron chi connectivity index (χ4n) is 7.88. The summed E-state index contributed by atoms with van der Waals surface area (Å²) < 4.78 is -1.55. The molecule has 0 radical (unpaired) electrons. The number of halogens is 8. The Morgan fingerprint density at radius 1 is 0.694 bits per heavy atom. The molecule has 4 saturated carbocycles. The average molecular weight is 642 g/mol. The zero-order valence-electron chi connectivity index (χ0n) is 18.4. The molecule has 0 saturated heterocycles. The van der Waals surface area contributed by atoms with Crippen LogP contribution in [0.4, 0.5) is 5.69 Å². The van der Waals surface area contributed by atoms with Crippen molar-refractivity contribution in [3.05, 3.63) is 74.2 Å². The Bertz CT molecular complexity index is 1340. The van der Waals surface area contributed by atoms with Crippen molar-refractivity contribution in [3.63, 3.8) is 0 Å². The smallest absolute Gasteiger partial charge is 0.166 e. The van der Waals surface area contributed by atoms with Gasteiger partial charge in [-0.15, -0.1) is 23.2 Å². The first kappa shape index (κ1) is 25.0. The van der Waals surface area contributed by atoms with Gasteiger partial charge in [-0.1, -0.05) is 81.7 Å². The first-order chi connectivity index (χ1) is 17.0. The molecule has 4 fully saturated rings. The zero-order valence-corrected chi connectivity index (χ0v) is 24.5. The number of hydrogen-bond donors (Lipinski definition) is 0. The van der Waals surface area contributed by atoms with Crippen LogP contribution in [0.3, 0.4) is 0 Å². The van der Waals surface area contributed by atoms with E-state index in [1.54, 1.807) is 0 Å². The van der Waals surface area contributed by atoms with Crippen LogP contribution >= 0.6 is 92.8 Å². The molecule has 2 unspecified atom stereocenters. The predicted molar refractivity (Wildman–Crippen MR) is 153 cm³/mol. The van der Waals surface area contributed by atoms with E-state index in [-0.39, 0.29) is 45.7 Å². The molecule has 5 aliphatic carbocycles. The summed E-state index contributed by atoms with van der Waals surface area (Å²) in [5.41, 5.74) is 2.97. The lowest BCUT2D eigenvalue weighted by molar-refractivity contribution is -0.0131. The van der Waals surface area contributed by atoms with Crippen LogP contribution in [0.15, 0.2) is 63.7 Å². The molecule has 4 bridgehead atoms. The molecular formula is C26H18Cl8N2. The first-order valence-electron chi connectivity index (χ1n) is 11.7. The van der Waals surface area contributed by atoms with E-state index in [1.165, 1.54) is 0 Å². The van der Waals surface area contributed by atoms with Crippen molar-refractivity contribution in [1.82, 2.24) is 0 Å². The van der Waals surface area contributed by atoms with Gasteiger partial charge in [-0.25, -0.2) is 0 Å². The number of anilines is 1. The van der Waals surface area contributed by atoms with E-state index < -0.39 is 14.1 Å². The Morgan fingerprint density at radius 2 is 1.19 bits per heavy atom. The molecule has 2 aromatic rings. The summed E-state index contributed by atoms with van der Waals surface area (Å²) in [4.78, 5) is -2.54. The van der Waals surface area contributed by atoms with Gasteiger partial charge in [0, 0.05) is 16.0 Å². The number of allylic oxidation sites excluding steroid dienone is 2. The molecule has 8 rings (SSSR count). The molecule has 8 atom stereocenters. The molecule has 2 nitrogen and oxygen atoms in total. The molecular weight excluding hydrogens is 624 g/mol. The fourth-order valence-corrected chi connectivity index (χ4v) is 11.3. The number of hydrogen-bond acceptors (Lipinski definition) is 2. The van der Waals surface area contributed by atoms with Gasteiger partial charge in [0.25, 0.3) is 0 Å². The van der Waals surface area contributed by atoms with Gasteiger partial charge in [-0.2, -0.15) is 5.10 Å². The summed E-state index contributed by atoms with van der Waals surface area (Å²) in [6.07, 6.45) is 1.88. The minimum absolute atomic E-state index is 0.0273. The maximum Gasteiger partial charge on any atom is 0.166 e. The van der Waals surface area contributed by atoms with Crippen molar-refractivity contribution < 1.29 is 0 Å². The van der Waals surface area contributed by atoms with Crippen molar-refractivity contribution in [2.45, 2.75) is 33.0 Å². The van der Waals surface area contributed by atoms with Crippen LogP contribution in [-0.2, 0) is 0 Å². The van der Waals surface area contributed by atoms with E-state index in [2.05, 4.69) is 5.01 Å². The molecule has 0 amide bonds. The lowest BCUT2D eigenvalue weighted by Crippen LogP contribution is -2.62. The Balaban J connectivity index is 1.43. The van der Waals surface area contributed by atoms with Crippen molar-refractivity contribution in [1.29, 1.82) is 0 Å². The summed E-state index contributed by atoms with van der Waals surface area (Å²) in [7, 11) is 0. The topological polar surface area (TPSA) is 15.6 Å². The summed E-state index contributed by atoms with van der Waals surface area (Å²) in [5.74, 6) is -0.0435. The molecule has 0 N–H and O–H groups in total. The van der Waals surface area contributed by atoms with Crippen molar-refractivity contribution >= 4 is 104 Å². The van der Waals surface area contributed by atoms with E-state index in [9.17, 15) is 0 Å². The molecule has 1 aliphatic heterocycles. The van der Waals surface area contributed by atoms with Crippen molar-refractivity contribution in [2.75, 3.05) is 5.01 Å². The van der Waals surface area contributed by atoms with Crippen LogP contribution in [0.1, 0.15) is 18.4 Å². The minimum Gasteiger partial charge on any atom is -0.261 e. The summed E-state index contributed by atoms with van der Waals surface area (Å²) >= 11 is 54.8. The van der Waals surface area contributed by atoms with Gasteiger partial charge in [0.05, 0.1) is 27.5 Å². The number of alkyl halides is 4. The van der Waals surface area contributed by atoms with Crippen LogP contribution in [0.25, 0.3) is 0 Å². The van der Waals surface area contributed by atoms with Gasteiger partial charge >= 0.3 is 0 Å². The maximum absolute atomic E-state index is 7.36. The Kier molecular flexibility index (Phi) is 5.56. The highest BCUT2D eigenvalue weighted by Gasteiger charge is 2.86. The number of fused-ring (bicyclic) bond motifs is 3. The number of benzene rings is 2. The normalized spacial score (nSPS) is 41.6. The highest BCUT2D eigenvalue weighted by atomic mass is 35.5. The van der Waals surface area contributed by atoms with Gasteiger partial charge < -0.3 is 0 Å². The van der Waals surface area contributed by atoms with Gasteiger partial charge in [-0.05, 0) is 78.5 Å². The van der Waals surface area contributed by atoms with Crippen LogP contribution in [0.5, 0.6) is 0 Å². The predicted octanol–water partition coefficient (Wildman–Crippen LogP) is 9.32. The Labute approximate surface area is 249 Å². The van der Waals surface area contributed by atoms with E-state index in [4.69, 9.17) is 97.9 Å². The lowest BCUT2D eigenvalue weighted by atomic mass is 9.49. The van der Waals surface area contributed by atoms with E-state index in [0.29, 0.717) is 10.0 Å². The first-order valence-corrected chi connectivity index (χ1v) is 14.8. The quantitative estimate of drug-likeness (QED) is 0.299. The number of hydrazone groups is 1. The molecule has 1 heterocycles. The number of nitrogens with zero attached hydrogens (tertiary/aromatic N) is 2. The van der Waals surface area contributed by atoms with Crippen LogP contribution in [0.2, 0.25) is 10.0 Å². The molecule has 0 spiro atoms. The highest BCUT2D eigenvalue weighted by Crippen LogP contribution is 2.82. The molecule has 2 aromatic carbocycles. The summed E-state index contributed by atoms with van der Waals surface area (Å²) in [5, 5.41) is 9.22. The molecule has 188 valence electrons. The summed E-state index contributed by atoms with van der Waals surface area (Å²) in [6, 6.07) is 15.6. The second-order valence-electron chi connectivity index (χ2n) is 10.4. The van der Waals surface area contributed by atoms with Crippen molar-refractivity contribution in [2.24, 2.45) is 34.7 Å². The third kappa shape index (κ3) is 2.79. The molecule has 6 aliphatic rings. The maximum atomic E-state index is 7.36. The van der Waals surface area contributed by atoms with Crippen molar-refractivity contribution in [3.8, 4) is 0 Å². The summed E-state index contributed by atoms with van der Waals surface area (Å²) in [6.45, 7) is 0. The highest BCUT2D eigenvalue weighted by molar-refractivity contribution is 6.65. The SMILES string of the molecule is ClC1=C(Cl)[C@]2(Cl)C3C([C@@H]4CC[C@H]3[C@@H]3[C@H]4C(c4ccc(Cl)cc4)=NN3c3ccc(Cl)cc3)[C@@]1(Cl)C2(Cl)Cl. The lowest BCUT2D eigenvalue weighted by Gasteiger charge is -2.59. The molecule has 10 heteroatoms.